The van der Waals surface area contributed by atoms with Crippen LogP contribution in [0.1, 0.15) is 16.7 Å². The van der Waals surface area contributed by atoms with Gasteiger partial charge in [-0.15, -0.1) is 0 Å². The standard InChI is InChI=1S/C22H29N3O3/c1-16-4-6-19(7-5-16)24-22(26)14-23-9-11-25-10-8-17-12-20(27-2)21(28-3)13-18(17)15-25/h4-7,12-13,23H,8-11,14-15H2,1-3H3,(H,24,26). The number of aryl methyl sites for hydroxylation is 1. The van der Waals surface area contributed by atoms with Gasteiger partial charge in [-0.25, -0.2) is 0 Å². The van der Waals surface area contributed by atoms with E-state index in [2.05, 4.69) is 27.7 Å². The first-order chi connectivity index (χ1) is 13.6. The molecule has 0 spiro atoms. The topological polar surface area (TPSA) is 62.8 Å². The molecule has 0 aliphatic carbocycles. The number of methoxy groups -OCH3 is 2. The summed E-state index contributed by atoms with van der Waals surface area (Å²) < 4.78 is 10.8. The molecule has 2 aromatic rings. The van der Waals surface area contributed by atoms with Crippen molar-refractivity contribution >= 4 is 11.6 Å². The van der Waals surface area contributed by atoms with E-state index < -0.39 is 0 Å². The summed E-state index contributed by atoms with van der Waals surface area (Å²) in [7, 11) is 3.33. The van der Waals surface area contributed by atoms with Gasteiger partial charge in [0.25, 0.3) is 0 Å². The van der Waals surface area contributed by atoms with Crippen molar-refractivity contribution in [2.45, 2.75) is 19.9 Å². The molecule has 0 atom stereocenters. The summed E-state index contributed by atoms with van der Waals surface area (Å²) in [4.78, 5) is 14.4. The minimum atomic E-state index is -0.0234. The highest BCUT2D eigenvalue weighted by molar-refractivity contribution is 5.92. The maximum Gasteiger partial charge on any atom is 0.238 e. The van der Waals surface area contributed by atoms with Crippen LogP contribution in [-0.4, -0.2) is 51.2 Å². The Bertz CT molecular complexity index is 805. The third kappa shape index (κ3) is 5.24. The zero-order chi connectivity index (χ0) is 19.9. The molecule has 0 bridgehead atoms. The Morgan fingerprint density at radius 3 is 2.43 bits per heavy atom. The Morgan fingerprint density at radius 1 is 1.07 bits per heavy atom. The molecule has 6 heteroatoms. The molecular formula is C22H29N3O3. The summed E-state index contributed by atoms with van der Waals surface area (Å²) in [5, 5.41) is 6.13. The molecule has 1 heterocycles. The largest absolute Gasteiger partial charge is 0.493 e. The van der Waals surface area contributed by atoms with Gasteiger partial charge in [0.1, 0.15) is 0 Å². The van der Waals surface area contributed by atoms with E-state index in [1.807, 2.05) is 31.2 Å². The van der Waals surface area contributed by atoms with E-state index in [0.717, 1.165) is 49.8 Å². The first-order valence-corrected chi connectivity index (χ1v) is 9.62. The fraction of sp³-hybridized carbons (Fsp3) is 0.409. The van der Waals surface area contributed by atoms with Crippen molar-refractivity contribution in [2.75, 3.05) is 45.7 Å². The van der Waals surface area contributed by atoms with Crippen LogP contribution in [0.15, 0.2) is 36.4 Å². The number of fused-ring (bicyclic) bond motifs is 1. The number of carbonyl (C=O) groups is 1. The average Bonchev–Trinajstić information content (AvgIpc) is 2.71. The average molecular weight is 383 g/mol. The van der Waals surface area contributed by atoms with Gasteiger partial charge < -0.3 is 20.1 Å². The number of nitrogens with zero attached hydrogens (tertiary/aromatic N) is 1. The van der Waals surface area contributed by atoms with Gasteiger partial charge >= 0.3 is 0 Å². The van der Waals surface area contributed by atoms with Gasteiger partial charge in [0.2, 0.25) is 5.91 Å². The van der Waals surface area contributed by atoms with Crippen LogP contribution in [-0.2, 0) is 17.8 Å². The van der Waals surface area contributed by atoms with E-state index >= 15 is 0 Å². The van der Waals surface area contributed by atoms with Crippen molar-refractivity contribution in [1.82, 2.24) is 10.2 Å². The molecule has 1 amide bonds. The lowest BCUT2D eigenvalue weighted by Crippen LogP contribution is -2.38. The lowest BCUT2D eigenvalue weighted by molar-refractivity contribution is -0.115. The van der Waals surface area contributed by atoms with Crippen LogP contribution < -0.4 is 20.1 Å². The van der Waals surface area contributed by atoms with Gasteiger partial charge in [0, 0.05) is 31.9 Å². The first kappa shape index (κ1) is 20.2. The quantitative estimate of drug-likeness (QED) is 0.686. The molecule has 28 heavy (non-hydrogen) atoms. The Labute approximate surface area is 166 Å². The van der Waals surface area contributed by atoms with E-state index in [-0.39, 0.29) is 5.91 Å². The van der Waals surface area contributed by atoms with Crippen LogP contribution in [0, 0.1) is 6.92 Å². The summed E-state index contributed by atoms with van der Waals surface area (Å²) in [5.74, 6) is 1.54. The summed E-state index contributed by atoms with van der Waals surface area (Å²) in [6.07, 6.45) is 0.990. The van der Waals surface area contributed by atoms with Crippen LogP contribution in [0.2, 0.25) is 0 Å². The van der Waals surface area contributed by atoms with E-state index in [4.69, 9.17) is 9.47 Å². The van der Waals surface area contributed by atoms with Crippen molar-refractivity contribution in [2.24, 2.45) is 0 Å². The normalized spacial score (nSPS) is 13.7. The predicted octanol–water partition coefficient (Wildman–Crippen LogP) is 2.60. The minimum absolute atomic E-state index is 0.0234. The van der Waals surface area contributed by atoms with Crippen LogP contribution >= 0.6 is 0 Å². The van der Waals surface area contributed by atoms with E-state index in [1.165, 1.54) is 16.7 Å². The van der Waals surface area contributed by atoms with Gasteiger partial charge in [-0.05, 0) is 48.7 Å². The maximum atomic E-state index is 12.0. The van der Waals surface area contributed by atoms with E-state index in [9.17, 15) is 4.79 Å². The number of nitrogens with one attached hydrogen (secondary N) is 2. The van der Waals surface area contributed by atoms with Crippen molar-refractivity contribution < 1.29 is 14.3 Å². The first-order valence-electron chi connectivity index (χ1n) is 9.62. The Kier molecular flexibility index (Phi) is 6.90. The van der Waals surface area contributed by atoms with Gasteiger partial charge in [0.15, 0.2) is 11.5 Å². The van der Waals surface area contributed by atoms with Gasteiger partial charge in [-0.1, -0.05) is 17.7 Å². The molecule has 0 unspecified atom stereocenters. The molecular weight excluding hydrogens is 354 g/mol. The molecule has 0 saturated heterocycles. The summed E-state index contributed by atoms with van der Waals surface area (Å²) in [6, 6.07) is 12.0. The minimum Gasteiger partial charge on any atom is -0.493 e. The van der Waals surface area contributed by atoms with Crippen molar-refractivity contribution in [3.8, 4) is 11.5 Å². The number of rotatable bonds is 8. The molecule has 0 aromatic heterocycles. The number of benzene rings is 2. The molecule has 1 aliphatic rings. The van der Waals surface area contributed by atoms with Crippen LogP contribution in [0.4, 0.5) is 5.69 Å². The molecule has 0 radical (unpaired) electrons. The second-order valence-corrected chi connectivity index (χ2v) is 7.09. The smallest absolute Gasteiger partial charge is 0.238 e. The van der Waals surface area contributed by atoms with Crippen molar-refractivity contribution in [3.05, 3.63) is 53.1 Å². The molecule has 150 valence electrons. The zero-order valence-corrected chi connectivity index (χ0v) is 16.9. The Hall–Kier alpha value is -2.57. The lowest BCUT2D eigenvalue weighted by atomic mass is 9.99. The van der Waals surface area contributed by atoms with Crippen molar-refractivity contribution in [1.29, 1.82) is 0 Å². The van der Waals surface area contributed by atoms with Gasteiger partial charge in [-0.3, -0.25) is 9.69 Å². The summed E-state index contributed by atoms with van der Waals surface area (Å²) >= 11 is 0. The second kappa shape index (κ2) is 9.57. The van der Waals surface area contributed by atoms with Crippen LogP contribution in [0.25, 0.3) is 0 Å². The SMILES string of the molecule is COc1cc2c(cc1OC)CN(CCNCC(=O)Nc1ccc(C)cc1)CC2. The third-order valence-corrected chi connectivity index (χ3v) is 5.02. The lowest BCUT2D eigenvalue weighted by Gasteiger charge is -2.29. The highest BCUT2D eigenvalue weighted by Gasteiger charge is 2.19. The fourth-order valence-electron chi connectivity index (χ4n) is 3.41. The highest BCUT2D eigenvalue weighted by atomic mass is 16.5. The number of hydrogen-bond acceptors (Lipinski definition) is 5. The molecule has 3 rings (SSSR count). The Morgan fingerprint density at radius 2 is 1.75 bits per heavy atom. The van der Waals surface area contributed by atoms with Crippen LogP contribution in [0.5, 0.6) is 11.5 Å². The fourth-order valence-corrected chi connectivity index (χ4v) is 3.41. The number of hydrogen-bond donors (Lipinski definition) is 2. The maximum absolute atomic E-state index is 12.0. The number of ether oxygens (including phenoxy) is 2. The highest BCUT2D eigenvalue weighted by Crippen LogP contribution is 2.33. The van der Waals surface area contributed by atoms with Crippen molar-refractivity contribution in [3.63, 3.8) is 0 Å². The molecule has 0 fully saturated rings. The monoisotopic (exact) mass is 383 g/mol. The second-order valence-electron chi connectivity index (χ2n) is 7.09. The predicted molar refractivity (Wildman–Crippen MR) is 111 cm³/mol. The number of carbonyl (C=O) groups excluding carboxylic acids is 1. The summed E-state index contributed by atoms with van der Waals surface area (Å²) in [5.41, 5.74) is 4.60. The Balaban J connectivity index is 1.42. The summed E-state index contributed by atoms with van der Waals surface area (Å²) in [6.45, 7) is 5.88. The van der Waals surface area contributed by atoms with Crippen LogP contribution in [0.3, 0.4) is 0 Å². The molecule has 0 saturated carbocycles. The molecule has 2 N–H and O–H groups in total. The van der Waals surface area contributed by atoms with Gasteiger partial charge in [0.05, 0.1) is 20.8 Å². The van der Waals surface area contributed by atoms with Gasteiger partial charge in [-0.2, -0.15) is 0 Å². The zero-order valence-electron chi connectivity index (χ0n) is 16.9. The molecule has 6 nitrogen and oxygen atoms in total. The number of amides is 1. The van der Waals surface area contributed by atoms with E-state index in [0.29, 0.717) is 6.54 Å². The molecule has 1 aliphatic heterocycles. The molecule has 2 aromatic carbocycles. The number of anilines is 1. The third-order valence-electron chi connectivity index (χ3n) is 5.02. The van der Waals surface area contributed by atoms with E-state index in [1.54, 1.807) is 14.2 Å².